The Morgan fingerprint density at radius 3 is 2.90 bits per heavy atom. The van der Waals surface area contributed by atoms with Crippen LogP contribution in [0.15, 0.2) is 49.1 Å². The van der Waals surface area contributed by atoms with E-state index in [1.165, 1.54) is 18.0 Å². The molecule has 5 heterocycles. The number of hydrogen-bond acceptors (Lipinski definition) is 6. The molecule has 0 amide bonds. The first-order valence-electron chi connectivity index (χ1n) is 10.9. The Morgan fingerprint density at radius 1 is 1.16 bits per heavy atom. The topological polar surface area (TPSA) is 67.6 Å². The molecule has 0 aliphatic carbocycles. The second-order valence-electron chi connectivity index (χ2n) is 8.29. The number of nitrogens with one attached hydrogen (secondary N) is 1. The number of likely N-dealkylation sites (tertiary alicyclic amines) is 1. The highest BCUT2D eigenvalue weighted by Gasteiger charge is 2.26. The zero-order valence-electron chi connectivity index (χ0n) is 17.5. The van der Waals surface area contributed by atoms with Crippen molar-refractivity contribution in [2.24, 2.45) is 5.92 Å². The largest absolute Gasteiger partial charge is 0.381 e. The Bertz CT molecular complexity index is 1080. The first-order chi connectivity index (χ1) is 15.2. The highest BCUT2D eigenvalue weighted by atomic mass is 19.1. The lowest BCUT2D eigenvalue weighted by molar-refractivity contribution is 0.0657. The lowest BCUT2D eigenvalue weighted by Gasteiger charge is -2.39. The lowest BCUT2D eigenvalue weighted by Crippen LogP contribution is -2.43. The van der Waals surface area contributed by atoms with Crippen molar-refractivity contribution in [3.8, 4) is 11.5 Å². The third kappa shape index (κ3) is 4.25. The lowest BCUT2D eigenvalue weighted by atomic mass is 9.94. The van der Waals surface area contributed by atoms with Gasteiger partial charge in [-0.15, -0.1) is 0 Å². The molecule has 2 saturated heterocycles. The maximum Gasteiger partial charge on any atom is 0.180 e. The van der Waals surface area contributed by atoms with Crippen molar-refractivity contribution in [1.82, 2.24) is 24.3 Å². The molecule has 3 aromatic rings. The molecule has 0 bridgehead atoms. The van der Waals surface area contributed by atoms with Crippen molar-refractivity contribution in [3.63, 3.8) is 0 Å². The molecular formula is C23H27FN6O. The molecule has 7 nitrogen and oxygen atoms in total. The highest BCUT2D eigenvalue weighted by Crippen LogP contribution is 2.28. The van der Waals surface area contributed by atoms with Crippen LogP contribution >= 0.6 is 0 Å². The van der Waals surface area contributed by atoms with E-state index in [1.807, 2.05) is 6.07 Å². The number of hydrogen-bond donors (Lipinski definition) is 1. The van der Waals surface area contributed by atoms with Crippen molar-refractivity contribution in [2.75, 3.05) is 31.6 Å². The summed E-state index contributed by atoms with van der Waals surface area (Å²) in [7, 11) is 0. The number of ether oxygens (including phenoxy) is 1. The van der Waals surface area contributed by atoms with E-state index < -0.39 is 0 Å². The minimum atomic E-state index is -0.326. The number of aromatic nitrogens is 4. The molecule has 2 aliphatic rings. The number of pyridine rings is 1. The van der Waals surface area contributed by atoms with Crippen molar-refractivity contribution in [2.45, 2.75) is 31.7 Å². The van der Waals surface area contributed by atoms with Gasteiger partial charge in [-0.1, -0.05) is 6.58 Å². The number of halogens is 1. The molecule has 1 N–H and O–H groups in total. The van der Waals surface area contributed by atoms with E-state index in [4.69, 9.17) is 4.74 Å². The Kier molecular flexibility index (Phi) is 5.55. The minimum Gasteiger partial charge on any atom is -0.381 e. The normalized spacial score (nSPS) is 20.2. The van der Waals surface area contributed by atoms with Gasteiger partial charge in [0.05, 0.1) is 6.20 Å². The van der Waals surface area contributed by atoms with Crippen molar-refractivity contribution < 1.29 is 9.13 Å². The molecule has 0 saturated carbocycles. The van der Waals surface area contributed by atoms with E-state index in [1.54, 1.807) is 22.9 Å². The summed E-state index contributed by atoms with van der Waals surface area (Å²) in [5, 5.41) is 3.57. The van der Waals surface area contributed by atoms with Crippen LogP contribution in [0.5, 0.6) is 0 Å². The van der Waals surface area contributed by atoms with Crippen LogP contribution in [-0.2, 0) is 4.74 Å². The maximum absolute atomic E-state index is 13.7. The standard InChI is InChI=1S/C23H27FN6O/c1-16(17-7-11-31-12-8-17)29-10-2-3-19(15-29)27-21-6-9-25-23(28-21)20-13-26-22-5-4-18(24)14-30(20)22/h4-6,9,13-14,17,19H,1-3,7-8,10-12,15H2,(H,25,27,28)/t19-/m1/s1. The van der Waals surface area contributed by atoms with Gasteiger partial charge in [0.25, 0.3) is 0 Å². The molecular weight excluding hydrogens is 395 g/mol. The summed E-state index contributed by atoms with van der Waals surface area (Å²) in [5.41, 5.74) is 2.56. The van der Waals surface area contributed by atoms with E-state index in [0.29, 0.717) is 23.1 Å². The fraction of sp³-hybridized carbons (Fsp3) is 0.435. The summed E-state index contributed by atoms with van der Waals surface area (Å²) in [6, 6.07) is 5.20. The van der Waals surface area contributed by atoms with Gasteiger partial charge in [-0.25, -0.2) is 19.3 Å². The molecule has 31 heavy (non-hydrogen) atoms. The van der Waals surface area contributed by atoms with Gasteiger partial charge in [0.2, 0.25) is 0 Å². The Morgan fingerprint density at radius 2 is 2.03 bits per heavy atom. The molecule has 3 aromatic heterocycles. The number of imidazole rings is 1. The molecule has 0 aromatic carbocycles. The molecule has 0 spiro atoms. The van der Waals surface area contributed by atoms with Crippen LogP contribution in [0.2, 0.25) is 0 Å². The molecule has 0 unspecified atom stereocenters. The van der Waals surface area contributed by atoms with E-state index in [0.717, 1.165) is 57.8 Å². The van der Waals surface area contributed by atoms with Crippen molar-refractivity contribution >= 4 is 11.5 Å². The van der Waals surface area contributed by atoms with Crippen LogP contribution in [0.4, 0.5) is 10.2 Å². The van der Waals surface area contributed by atoms with E-state index in [-0.39, 0.29) is 11.9 Å². The molecule has 1 atom stereocenters. The second-order valence-corrected chi connectivity index (χ2v) is 8.29. The summed E-state index contributed by atoms with van der Waals surface area (Å²) in [6.07, 6.45) is 9.12. The van der Waals surface area contributed by atoms with Crippen LogP contribution in [0.1, 0.15) is 25.7 Å². The average molecular weight is 423 g/mol. The zero-order valence-corrected chi connectivity index (χ0v) is 17.5. The number of anilines is 1. The Labute approximate surface area is 181 Å². The number of piperidine rings is 1. The summed E-state index contributed by atoms with van der Waals surface area (Å²) < 4.78 is 20.9. The molecule has 5 rings (SSSR count). The predicted molar refractivity (Wildman–Crippen MR) is 117 cm³/mol. The van der Waals surface area contributed by atoms with Gasteiger partial charge in [0.1, 0.15) is 23.0 Å². The van der Waals surface area contributed by atoms with Crippen LogP contribution in [0.3, 0.4) is 0 Å². The monoisotopic (exact) mass is 422 g/mol. The van der Waals surface area contributed by atoms with Crippen LogP contribution < -0.4 is 5.32 Å². The van der Waals surface area contributed by atoms with E-state index >= 15 is 0 Å². The molecule has 8 heteroatoms. The summed E-state index contributed by atoms with van der Waals surface area (Å²) in [5.74, 6) is 1.48. The fourth-order valence-electron chi connectivity index (χ4n) is 4.54. The third-order valence-electron chi connectivity index (χ3n) is 6.23. The predicted octanol–water partition coefficient (Wildman–Crippen LogP) is 3.75. The first-order valence-corrected chi connectivity index (χ1v) is 10.9. The average Bonchev–Trinajstić information content (AvgIpc) is 3.22. The summed E-state index contributed by atoms with van der Waals surface area (Å²) >= 11 is 0. The van der Waals surface area contributed by atoms with Crippen molar-refractivity contribution in [3.05, 3.63) is 54.9 Å². The van der Waals surface area contributed by atoms with Gasteiger partial charge in [0.15, 0.2) is 5.82 Å². The number of nitrogens with zero attached hydrogens (tertiary/aromatic N) is 5. The van der Waals surface area contributed by atoms with Crippen LogP contribution in [0, 0.1) is 11.7 Å². The summed E-state index contributed by atoms with van der Waals surface area (Å²) in [4.78, 5) is 15.8. The van der Waals surface area contributed by atoms with Crippen molar-refractivity contribution in [1.29, 1.82) is 0 Å². The first kappa shape index (κ1) is 19.9. The number of rotatable bonds is 5. The highest BCUT2D eigenvalue weighted by molar-refractivity contribution is 5.58. The van der Waals surface area contributed by atoms with Crippen LogP contribution in [0.25, 0.3) is 17.2 Å². The van der Waals surface area contributed by atoms with Gasteiger partial charge in [-0.2, -0.15) is 0 Å². The molecule has 2 fully saturated rings. The van der Waals surface area contributed by atoms with Gasteiger partial charge in [0, 0.05) is 56.4 Å². The van der Waals surface area contributed by atoms with E-state index in [9.17, 15) is 4.39 Å². The number of fused-ring (bicyclic) bond motifs is 1. The third-order valence-corrected chi connectivity index (χ3v) is 6.23. The minimum absolute atomic E-state index is 0.285. The Balaban J connectivity index is 1.30. The quantitative estimate of drug-likeness (QED) is 0.676. The smallest absolute Gasteiger partial charge is 0.180 e. The number of allylic oxidation sites excluding steroid dienone is 1. The SMILES string of the molecule is C=C(C1CCOCC1)N1CCC[C@@H](Nc2ccnc(-c3cnc4ccc(F)cn34)n2)C1. The molecule has 2 aliphatic heterocycles. The molecule has 162 valence electrons. The fourth-order valence-corrected chi connectivity index (χ4v) is 4.54. The Hall–Kier alpha value is -3.00. The molecule has 0 radical (unpaired) electrons. The van der Waals surface area contributed by atoms with E-state index in [2.05, 4.69) is 31.7 Å². The summed E-state index contributed by atoms with van der Waals surface area (Å²) in [6.45, 7) is 8.03. The van der Waals surface area contributed by atoms with Gasteiger partial charge < -0.3 is 15.0 Å². The maximum atomic E-state index is 13.7. The van der Waals surface area contributed by atoms with Gasteiger partial charge in [-0.3, -0.25) is 4.40 Å². The van der Waals surface area contributed by atoms with Gasteiger partial charge in [-0.05, 0) is 43.9 Å². The second kappa shape index (κ2) is 8.63. The van der Waals surface area contributed by atoms with Gasteiger partial charge >= 0.3 is 0 Å². The zero-order chi connectivity index (χ0) is 21.2. The van der Waals surface area contributed by atoms with Crippen LogP contribution in [-0.4, -0.2) is 56.6 Å².